The second-order valence-electron chi connectivity index (χ2n) is 8.23. The summed E-state index contributed by atoms with van der Waals surface area (Å²) in [5, 5.41) is 8.02. The van der Waals surface area contributed by atoms with Crippen molar-refractivity contribution in [3.8, 4) is 0 Å². The van der Waals surface area contributed by atoms with Gasteiger partial charge in [-0.3, -0.25) is 4.79 Å². The molecule has 2 aliphatic rings. The quantitative estimate of drug-likeness (QED) is 0.449. The standard InChI is InChI=1S/C26H25N3OS/c1-17-25(18(2)30)31-26(27-17)29-24(20-12-7-4-8-13-20)22-15-9-14-21(23(22)28-29)16-19-10-5-3-6-11-19/h3-8,10-13,16,22,24H,9,14-15H2,1-2H3/b21-16-/t22-,24-/m1/s1. The Morgan fingerprint density at radius 1 is 1.10 bits per heavy atom. The largest absolute Gasteiger partial charge is 0.294 e. The van der Waals surface area contributed by atoms with Crippen molar-refractivity contribution in [1.82, 2.24) is 4.98 Å². The molecule has 1 aliphatic carbocycles. The van der Waals surface area contributed by atoms with Crippen LogP contribution in [-0.4, -0.2) is 16.5 Å². The lowest BCUT2D eigenvalue weighted by atomic mass is 9.77. The molecule has 2 aromatic carbocycles. The minimum absolute atomic E-state index is 0.0615. The van der Waals surface area contributed by atoms with Gasteiger partial charge in [0, 0.05) is 12.8 Å². The number of hydrogen-bond acceptors (Lipinski definition) is 5. The fourth-order valence-corrected chi connectivity index (χ4v) is 5.65. The molecule has 5 heteroatoms. The third-order valence-corrected chi connectivity index (χ3v) is 7.33. The smallest absolute Gasteiger partial charge is 0.207 e. The van der Waals surface area contributed by atoms with Gasteiger partial charge in [0.25, 0.3) is 0 Å². The molecule has 1 aromatic heterocycles. The monoisotopic (exact) mass is 427 g/mol. The number of ketones is 1. The molecule has 0 N–H and O–H groups in total. The van der Waals surface area contributed by atoms with Crippen LogP contribution in [-0.2, 0) is 0 Å². The van der Waals surface area contributed by atoms with Gasteiger partial charge in [-0.25, -0.2) is 9.99 Å². The maximum absolute atomic E-state index is 12.1. The first-order valence-electron chi connectivity index (χ1n) is 10.8. The van der Waals surface area contributed by atoms with Crippen LogP contribution in [0.25, 0.3) is 6.08 Å². The maximum atomic E-state index is 12.1. The van der Waals surface area contributed by atoms with Gasteiger partial charge in [0.2, 0.25) is 5.13 Å². The fraction of sp³-hybridized carbons (Fsp3) is 0.269. The molecule has 0 spiro atoms. The van der Waals surface area contributed by atoms with E-state index in [-0.39, 0.29) is 11.8 Å². The number of nitrogens with zero attached hydrogens (tertiary/aromatic N) is 3. The molecule has 0 saturated heterocycles. The van der Waals surface area contributed by atoms with Crippen molar-refractivity contribution in [3.63, 3.8) is 0 Å². The van der Waals surface area contributed by atoms with E-state index >= 15 is 0 Å². The average molecular weight is 428 g/mol. The Labute approximate surface area is 187 Å². The van der Waals surface area contributed by atoms with Gasteiger partial charge in [-0.05, 0) is 49.0 Å². The summed E-state index contributed by atoms with van der Waals surface area (Å²) in [5.41, 5.74) is 5.71. The highest BCUT2D eigenvalue weighted by atomic mass is 32.1. The van der Waals surface area contributed by atoms with Gasteiger partial charge in [0.05, 0.1) is 22.3 Å². The maximum Gasteiger partial charge on any atom is 0.207 e. The number of carbonyl (C=O) groups is 1. The Morgan fingerprint density at radius 3 is 2.48 bits per heavy atom. The van der Waals surface area contributed by atoms with Crippen molar-refractivity contribution >= 4 is 34.0 Å². The predicted molar refractivity (Wildman–Crippen MR) is 128 cm³/mol. The number of Topliss-reactive ketones (excluding diaryl/α,β-unsaturated/α-hetero) is 1. The molecule has 31 heavy (non-hydrogen) atoms. The number of thiazole rings is 1. The third-order valence-electron chi connectivity index (χ3n) is 6.08. The van der Waals surface area contributed by atoms with E-state index in [1.165, 1.54) is 33.7 Å². The van der Waals surface area contributed by atoms with Crippen molar-refractivity contribution < 1.29 is 4.79 Å². The normalized spacial score (nSPS) is 21.8. The summed E-state index contributed by atoms with van der Waals surface area (Å²) in [6.45, 7) is 3.51. The van der Waals surface area contributed by atoms with E-state index in [4.69, 9.17) is 10.1 Å². The molecule has 4 nitrogen and oxygen atoms in total. The molecular formula is C26H25N3OS. The van der Waals surface area contributed by atoms with Crippen LogP contribution in [0, 0.1) is 12.8 Å². The first kappa shape index (κ1) is 19.9. The fourth-order valence-electron chi connectivity index (χ4n) is 4.70. The molecule has 1 fully saturated rings. The summed E-state index contributed by atoms with van der Waals surface area (Å²) >= 11 is 1.45. The van der Waals surface area contributed by atoms with E-state index in [0.717, 1.165) is 35.0 Å². The van der Waals surface area contributed by atoms with Gasteiger partial charge in [-0.15, -0.1) is 0 Å². The summed E-state index contributed by atoms with van der Waals surface area (Å²) in [6.07, 6.45) is 5.57. The Kier molecular flexibility index (Phi) is 5.28. The molecule has 1 saturated carbocycles. The third kappa shape index (κ3) is 3.74. The summed E-state index contributed by atoms with van der Waals surface area (Å²) in [6, 6.07) is 21.1. The zero-order chi connectivity index (χ0) is 21.4. The van der Waals surface area contributed by atoms with Crippen molar-refractivity contribution in [2.75, 3.05) is 5.01 Å². The lowest BCUT2D eigenvalue weighted by Crippen LogP contribution is -2.28. The summed E-state index contributed by atoms with van der Waals surface area (Å²) in [5.74, 6) is 0.377. The molecule has 0 bridgehead atoms. The number of hydrazone groups is 1. The number of hydrogen-bond donors (Lipinski definition) is 0. The van der Waals surface area contributed by atoms with Crippen LogP contribution in [0.4, 0.5) is 5.13 Å². The highest BCUT2D eigenvalue weighted by molar-refractivity contribution is 7.17. The van der Waals surface area contributed by atoms with Gasteiger partial charge in [-0.2, -0.15) is 5.10 Å². The number of allylic oxidation sites excluding steroid dienone is 1. The van der Waals surface area contributed by atoms with Gasteiger partial charge in [0.1, 0.15) is 0 Å². The number of aryl methyl sites for hydroxylation is 1. The number of aromatic nitrogens is 1. The molecule has 1 aliphatic heterocycles. The first-order valence-corrected chi connectivity index (χ1v) is 11.6. The Balaban J connectivity index is 1.61. The van der Waals surface area contributed by atoms with E-state index in [9.17, 15) is 4.79 Å². The molecule has 0 amide bonds. The van der Waals surface area contributed by atoms with E-state index in [1.54, 1.807) is 6.92 Å². The van der Waals surface area contributed by atoms with Crippen LogP contribution in [0.5, 0.6) is 0 Å². The average Bonchev–Trinajstić information content (AvgIpc) is 3.36. The molecule has 3 aromatic rings. The van der Waals surface area contributed by atoms with Crippen LogP contribution >= 0.6 is 11.3 Å². The van der Waals surface area contributed by atoms with E-state index in [1.807, 2.05) is 19.1 Å². The molecule has 5 rings (SSSR count). The lowest BCUT2D eigenvalue weighted by Gasteiger charge is -2.29. The molecule has 0 unspecified atom stereocenters. The molecule has 2 heterocycles. The SMILES string of the molecule is CC(=O)c1sc(N2N=C3/C(=C\c4ccccc4)CCC[C@H]3[C@H]2c2ccccc2)nc1C. The van der Waals surface area contributed by atoms with Crippen LogP contribution in [0.1, 0.15) is 58.7 Å². The van der Waals surface area contributed by atoms with Crippen molar-refractivity contribution in [3.05, 3.63) is 87.9 Å². The zero-order valence-corrected chi connectivity index (χ0v) is 18.6. The van der Waals surface area contributed by atoms with Crippen molar-refractivity contribution in [2.45, 2.75) is 39.2 Å². The minimum Gasteiger partial charge on any atom is -0.294 e. The first-order chi connectivity index (χ1) is 15.1. The summed E-state index contributed by atoms with van der Waals surface area (Å²) in [7, 11) is 0. The highest BCUT2D eigenvalue weighted by Gasteiger charge is 2.43. The minimum atomic E-state index is 0.0615. The van der Waals surface area contributed by atoms with Crippen molar-refractivity contribution in [2.24, 2.45) is 11.0 Å². The highest BCUT2D eigenvalue weighted by Crippen LogP contribution is 2.47. The molecule has 156 valence electrons. The number of benzene rings is 2. The van der Waals surface area contributed by atoms with Gasteiger partial charge in [0.15, 0.2) is 5.78 Å². The summed E-state index contributed by atoms with van der Waals surface area (Å²) in [4.78, 5) is 17.5. The molecule has 2 atom stereocenters. The number of rotatable bonds is 4. The van der Waals surface area contributed by atoms with E-state index < -0.39 is 0 Å². The molecular weight excluding hydrogens is 402 g/mol. The second kappa shape index (κ2) is 8.23. The predicted octanol–water partition coefficient (Wildman–Crippen LogP) is 6.46. The lowest BCUT2D eigenvalue weighted by molar-refractivity contribution is 0.102. The van der Waals surface area contributed by atoms with Crippen LogP contribution in [0.2, 0.25) is 0 Å². The van der Waals surface area contributed by atoms with Gasteiger partial charge >= 0.3 is 0 Å². The van der Waals surface area contributed by atoms with Gasteiger partial charge in [-0.1, -0.05) is 72.0 Å². The van der Waals surface area contributed by atoms with E-state index in [2.05, 4.69) is 59.6 Å². The van der Waals surface area contributed by atoms with Crippen LogP contribution in [0.3, 0.4) is 0 Å². The number of fused-ring (bicyclic) bond motifs is 1. The molecule has 0 radical (unpaired) electrons. The Hall–Kier alpha value is -3.05. The van der Waals surface area contributed by atoms with E-state index in [0.29, 0.717) is 5.92 Å². The van der Waals surface area contributed by atoms with Crippen LogP contribution in [0.15, 0.2) is 71.3 Å². The second-order valence-corrected chi connectivity index (χ2v) is 9.21. The number of anilines is 1. The Morgan fingerprint density at radius 2 is 1.81 bits per heavy atom. The Bertz CT molecular complexity index is 1160. The summed E-state index contributed by atoms with van der Waals surface area (Å²) < 4.78 is 0. The van der Waals surface area contributed by atoms with Crippen molar-refractivity contribution in [1.29, 1.82) is 0 Å². The van der Waals surface area contributed by atoms with Crippen LogP contribution < -0.4 is 5.01 Å². The van der Waals surface area contributed by atoms with Gasteiger partial charge < -0.3 is 0 Å². The topological polar surface area (TPSA) is 45.6 Å². The zero-order valence-electron chi connectivity index (χ0n) is 17.8. The number of carbonyl (C=O) groups excluding carboxylic acids is 1.